The molecule has 0 radical (unpaired) electrons. The average Bonchev–Trinajstić information content (AvgIpc) is 2.54. The minimum Gasteiger partial charge on any atom is -0.496 e. The third-order valence-corrected chi connectivity index (χ3v) is 4.31. The third kappa shape index (κ3) is 4.22. The van der Waals surface area contributed by atoms with Crippen LogP contribution >= 0.6 is 11.8 Å². The summed E-state index contributed by atoms with van der Waals surface area (Å²) in [5, 5.41) is 3.45. The number of ether oxygens (including phenoxy) is 1. The molecule has 1 atom stereocenters. The Morgan fingerprint density at radius 2 is 2.00 bits per heavy atom. The fourth-order valence-electron chi connectivity index (χ4n) is 2.19. The number of rotatable bonds is 7. The van der Waals surface area contributed by atoms with Gasteiger partial charge in [0.25, 0.3) is 0 Å². The molecule has 1 unspecified atom stereocenters. The molecule has 1 N–H and O–H groups in total. The molecule has 0 aliphatic heterocycles. The van der Waals surface area contributed by atoms with Crippen molar-refractivity contribution in [1.82, 2.24) is 10.3 Å². The van der Waals surface area contributed by atoms with Crippen LogP contribution in [0.15, 0.2) is 52.4 Å². The highest BCUT2D eigenvalue weighted by Crippen LogP contribution is 2.34. The zero-order valence-electron chi connectivity index (χ0n) is 12.8. The normalized spacial score (nSPS) is 12.1. The van der Waals surface area contributed by atoms with Crippen LogP contribution < -0.4 is 10.1 Å². The second-order valence-electron chi connectivity index (χ2n) is 4.69. The predicted octanol–water partition coefficient (Wildman–Crippen LogP) is 4.30. The van der Waals surface area contributed by atoms with Gasteiger partial charge in [0.15, 0.2) is 0 Å². The molecular weight excluding hydrogens is 280 g/mol. The van der Waals surface area contributed by atoms with Gasteiger partial charge in [0.1, 0.15) is 5.75 Å². The van der Waals surface area contributed by atoms with Crippen LogP contribution in [-0.4, -0.2) is 18.6 Å². The van der Waals surface area contributed by atoms with Gasteiger partial charge in [-0.1, -0.05) is 37.7 Å². The highest BCUT2D eigenvalue weighted by Gasteiger charge is 2.10. The van der Waals surface area contributed by atoms with Gasteiger partial charge in [0, 0.05) is 17.1 Å². The van der Waals surface area contributed by atoms with Crippen LogP contribution in [-0.2, 0) is 0 Å². The first-order valence-electron chi connectivity index (χ1n) is 7.28. The maximum atomic E-state index is 5.38. The number of pyridine rings is 1. The number of nitrogens with one attached hydrogen (secondary N) is 1. The van der Waals surface area contributed by atoms with Crippen molar-refractivity contribution in [2.75, 3.05) is 13.7 Å². The molecule has 0 bridgehead atoms. The van der Waals surface area contributed by atoms with Crippen LogP contribution in [0.4, 0.5) is 0 Å². The lowest BCUT2D eigenvalue weighted by molar-refractivity contribution is 0.405. The maximum absolute atomic E-state index is 5.38. The Labute approximate surface area is 131 Å². The molecule has 4 heteroatoms. The second kappa shape index (κ2) is 8.05. The fraction of sp³-hybridized carbons (Fsp3) is 0.353. The first kappa shape index (κ1) is 15.9. The van der Waals surface area contributed by atoms with Crippen molar-refractivity contribution in [1.29, 1.82) is 0 Å². The van der Waals surface area contributed by atoms with Gasteiger partial charge in [0.2, 0.25) is 0 Å². The minimum absolute atomic E-state index is 0.334. The van der Waals surface area contributed by atoms with E-state index in [0.29, 0.717) is 6.04 Å². The van der Waals surface area contributed by atoms with Crippen LogP contribution in [0.25, 0.3) is 0 Å². The van der Waals surface area contributed by atoms with Gasteiger partial charge < -0.3 is 10.1 Å². The maximum Gasteiger partial charge on any atom is 0.132 e. The van der Waals surface area contributed by atoms with E-state index in [4.69, 9.17) is 4.74 Å². The van der Waals surface area contributed by atoms with Crippen LogP contribution in [0, 0.1) is 0 Å². The van der Waals surface area contributed by atoms with E-state index in [-0.39, 0.29) is 0 Å². The van der Waals surface area contributed by atoms with Gasteiger partial charge in [-0.25, -0.2) is 0 Å². The van der Waals surface area contributed by atoms with Crippen molar-refractivity contribution in [3.05, 3.63) is 48.3 Å². The van der Waals surface area contributed by atoms with Crippen molar-refractivity contribution < 1.29 is 4.74 Å². The number of benzene rings is 1. The molecule has 1 aromatic carbocycles. The Kier molecular flexibility index (Phi) is 6.08. The summed E-state index contributed by atoms with van der Waals surface area (Å²) in [5.41, 5.74) is 1.10. The molecule has 1 aromatic heterocycles. The summed E-state index contributed by atoms with van der Waals surface area (Å²) in [6.07, 6.45) is 2.98. The Balaban J connectivity index is 2.12. The van der Waals surface area contributed by atoms with E-state index in [0.717, 1.165) is 34.2 Å². The first-order valence-corrected chi connectivity index (χ1v) is 8.10. The summed E-state index contributed by atoms with van der Waals surface area (Å²) in [7, 11) is 1.70. The number of para-hydroxylation sites is 1. The van der Waals surface area contributed by atoms with Gasteiger partial charge in [-0.3, -0.25) is 4.98 Å². The molecule has 21 heavy (non-hydrogen) atoms. The van der Waals surface area contributed by atoms with Crippen LogP contribution in [0.1, 0.15) is 32.0 Å². The zero-order chi connectivity index (χ0) is 15.1. The molecule has 0 saturated heterocycles. The van der Waals surface area contributed by atoms with Gasteiger partial charge >= 0.3 is 0 Å². The molecule has 2 rings (SSSR count). The molecule has 2 aromatic rings. The minimum atomic E-state index is 0.334. The standard InChI is InChI=1S/C17H22N2OS/c1-4-14(18-5-2)15-11-10-13(12-19-15)21-17-9-7-6-8-16(17)20-3/h6-12,14,18H,4-5H2,1-3H3. The lowest BCUT2D eigenvalue weighted by Crippen LogP contribution is -2.20. The number of nitrogens with zero attached hydrogens (tertiary/aromatic N) is 1. The van der Waals surface area contributed by atoms with Crippen LogP contribution in [0.5, 0.6) is 5.75 Å². The summed E-state index contributed by atoms with van der Waals surface area (Å²) in [5.74, 6) is 0.894. The van der Waals surface area contributed by atoms with Crippen molar-refractivity contribution in [3.8, 4) is 5.75 Å². The number of hydrogen-bond acceptors (Lipinski definition) is 4. The van der Waals surface area contributed by atoms with E-state index in [2.05, 4.69) is 42.3 Å². The van der Waals surface area contributed by atoms with Gasteiger partial charge in [-0.05, 0) is 37.2 Å². The molecule has 112 valence electrons. The van der Waals surface area contributed by atoms with E-state index >= 15 is 0 Å². The number of aromatic nitrogens is 1. The fourth-order valence-corrected chi connectivity index (χ4v) is 3.09. The van der Waals surface area contributed by atoms with Gasteiger partial charge in [-0.15, -0.1) is 0 Å². The summed E-state index contributed by atoms with van der Waals surface area (Å²) in [6, 6.07) is 12.6. The summed E-state index contributed by atoms with van der Waals surface area (Å²) < 4.78 is 5.38. The second-order valence-corrected chi connectivity index (χ2v) is 5.81. The van der Waals surface area contributed by atoms with E-state index < -0.39 is 0 Å². The topological polar surface area (TPSA) is 34.1 Å². The SMILES string of the molecule is CCNC(CC)c1ccc(Sc2ccccc2OC)cn1. The van der Waals surface area contributed by atoms with Crippen LogP contribution in [0.2, 0.25) is 0 Å². The highest BCUT2D eigenvalue weighted by atomic mass is 32.2. The summed E-state index contributed by atoms with van der Waals surface area (Å²) in [4.78, 5) is 6.82. The molecule has 0 amide bonds. The van der Waals surface area contributed by atoms with E-state index in [1.165, 1.54) is 0 Å². The van der Waals surface area contributed by atoms with E-state index in [1.54, 1.807) is 18.9 Å². The third-order valence-electron chi connectivity index (χ3n) is 3.27. The lowest BCUT2D eigenvalue weighted by atomic mass is 10.1. The Morgan fingerprint density at radius 1 is 1.19 bits per heavy atom. The monoisotopic (exact) mass is 302 g/mol. The Hall–Kier alpha value is -1.52. The van der Waals surface area contributed by atoms with Crippen molar-refractivity contribution >= 4 is 11.8 Å². The smallest absolute Gasteiger partial charge is 0.132 e. The predicted molar refractivity (Wildman–Crippen MR) is 88.1 cm³/mol. The summed E-state index contributed by atoms with van der Waals surface area (Å²) >= 11 is 1.67. The number of hydrogen-bond donors (Lipinski definition) is 1. The molecule has 0 fully saturated rings. The molecule has 1 heterocycles. The molecular formula is C17H22N2OS. The molecule has 0 aliphatic rings. The average molecular weight is 302 g/mol. The van der Waals surface area contributed by atoms with Crippen LogP contribution in [0.3, 0.4) is 0 Å². The summed E-state index contributed by atoms with van der Waals surface area (Å²) in [6.45, 7) is 5.25. The molecule has 0 spiro atoms. The van der Waals surface area contributed by atoms with Gasteiger partial charge in [0.05, 0.1) is 17.7 Å². The van der Waals surface area contributed by atoms with Gasteiger partial charge in [-0.2, -0.15) is 0 Å². The van der Waals surface area contributed by atoms with Crippen molar-refractivity contribution in [3.63, 3.8) is 0 Å². The van der Waals surface area contributed by atoms with E-state index in [9.17, 15) is 0 Å². The quantitative estimate of drug-likeness (QED) is 0.827. The van der Waals surface area contributed by atoms with Crippen molar-refractivity contribution in [2.24, 2.45) is 0 Å². The van der Waals surface area contributed by atoms with Crippen molar-refractivity contribution in [2.45, 2.75) is 36.1 Å². The zero-order valence-corrected chi connectivity index (χ0v) is 13.6. The molecule has 0 aliphatic carbocycles. The lowest BCUT2D eigenvalue weighted by Gasteiger charge is -2.15. The largest absolute Gasteiger partial charge is 0.496 e. The van der Waals surface area contributed by atoms with E-state index in [1.807, 2.05) is 24.4 Å². The Bertz CT molecular complexity index is 557. The molecule has 3 nitrogen and oxygen atoms in total. The Morgan fingerprint density at radius 3 is 2.62 bits per heavy atom. The molecule has 0 saturated carbocycles. The number of methoxy groups -OCH3 is 1. The highest BCUT2D eigenvalue weighted by molar-refractivity contribution is 7.99. The first-order chi connectivity index (χ1) is 10.3.